The van der Waals surface area contributed by atoms with Gasteiger partial charge in [0.15, 0.2) is 0 Å². The van der Waals surface area contributed by atoms with Crippen LogP contribution in [-0.4, -0.2) is 42.5 Å². The second kappa shape index (κ2) is 5.08. The van der Waals surface area contributed by atoms with Crippen molar-refractivity contribution in [3.8, 4) is 0 Å². The van der Waals surface area contributed by atoms with E-state index < -0.39 is 24.4 Å². The van der Waals surface area contributed by atoms with E-state index in [9.17, 15) is 13.6 Å². The lowest BCUT2D eigenvalue weighted by molar-refractivity contribution is -0.148. The van der Waals surface area contributed by atoms with Crippen molar-refractivity contribution < 1.29 is 18.3 Å². The molecule has 0 amide bonds. The predicted molar refractivity (Wildman–Crippen MR) is 56.4 cm³/mol. The van der Waals surface area contributed by atoms with Crippen molar-refractivity contribution in [2.45, 2.75) is 39.2 Å². The van der Waals surface area contributed by atoms with Gasteiger partial charge in [0.25, 0.3) is 5.92 Å². The molecule has 0 aromatic heterocycles. The molecule has 1 aliphatic rings. The van der Waals surface area contributed by atoms with Crippen LogP contribution in [0.3, 0.4) is 0 Å². The lowest BCUT2D eigenvalue weighted by Crippen LogP contribution is -2.39. The number of esters is 1. The van der Waals surface area contributed by atoms with E-state index in [4.69, 9.17) is 4.74 Å². The van der Waals surface area contributed by atoms with Crippen LogP contribution >= 0.6 is 0 Å². The van der Waals surface area contributed by atoms with Crippen molar-refractivity contribution in [3.05, 3.63) is 0 Å². The van der Waals surface area contributed by atoms with Crippen molar-refractivity contribution in [2.24, 2.45) is 5.92 Å². The van der Waals surface area contributed by atoms with E-state index in [1.165, 1.54) is 4.90 Å². The van der Waals surface area contributed by atoms with Gasteiger partial charge in [0, 0.05) is 13.0 Å². The second-order valence-electron chi connectivity index (χ2n) is 4.65. The van der Waals surface area contributed by atoms with Crippen molar-refractivity contribution >= 4 is 5.97 Å². The van der Waals surface area contributed by atoms with Crippen molar-refractivity contribution in [1.82, 2.24) is 4.90 Å². The average molecular weight is 235 g/mol. The summed E-state index contributed by atoms with van der Waals surface area (Å²) in [6.45, 7) is 5.96. The summed E-state index contributed by atoms with van der Waals surface area (Å²) in [5.41, 5.74) is 0. The van der Waals surface area contributed by atoms with Gasteiger partial charge in [-0.1, -0.05) is 13.8 Å². The smallest absolute Gasteiger partial charge is 0.323 e. The Bertz CT molecular complexity index is 256. The van der Waals surface area contributed by atoms with E-state index in [1.54, 1.807) is 6.92 Å². The molecule has 1 saturated heterocycles. The topological polar surface area (TPSA) is 29.5 Å². The molecule has 0 saturated carbocycles. The van der Waals surface area contributed by atoms with E-state index in [0.717, 1.165) is 0 Å². The zero-order valence-electron chi connectivity index (χ0n) is 10.0. The van der Waals surface area contributed by atoms with E-state index in [2.05, 4.69) is 0 Å². The quantitative estimate of drug-likeness (QED) is 0.697. The zero-order chi connectivity index (χ0) is 12.3. The summed E-state index contributed by atoms with van der Waals surface area (Å²) in [4.78, 5) is 13.1. The van der Waals surface area contributed by atoms with Gasteiger partial charge in [-0.15, -0.1) is 0 Å². The Balaban J connectivity index is 2.68. The van der Waals surface area contributed by atoms with Crippen LogP contribution in [0.25, 0.3) is 0 Å². The van der Waals surface area contributed by atoms with E-state index in [1.807, 2.05) is 13.8 Å². The molecule has 0 aliphatic carbocycles. The molecule has 3 nitrogen and oxygen atoms in total. The molecule has 0 spiro atoms. The van der Waals surface area contributed by atoms with Crippen LogP contribution in [0.5, 0.6) is 0 Å². The summed E-state index contributed by atoms with van der Waals surface area (Å²) in [7, 11) is 0. The van der Waals surface area contributed by atoms with Crippen LogP contribution < -0.4 is 0 Å². The lowest BCUT2D eigenvalue weighted by atomic mass is 10.1. The van der Waals surface area contributed by atoms with Crippen LogP contribution in [-0.2, 0) is 9.53 Å². The highest BCUT2D eigenvalue weighted by molar-refractivity contribution is 5.76. The van der Waals surface area contributed by atoms with Crippen molar-refractivity contribution in [1.29, 1.82) is 0 Å². The first kappa shape index (κ1) is 13.4. The third-order valence-corrected chi connectivity index (χ3v) is 2.53. The van der Waals surface area contributed by atoms with Gasteiger partial charge in [-0.3, -0.25) is 9.69 Å². The van der Waals surface area contributed by atoms with Crippen molar-refractivity contribution in [3.63, 3.8) is 0 Å². The Kier molecular flexibility index (Phi) is 4.24. The minimum absolute atomic E-state index is 0.233. The summed E-state index contributed by atoms with van der Waals surface area (Å²) >= 11 is 0. The van der Waals surface area contributed by atoms with Crippen LogP contribution in [0.4, 0.5) is 8.78 Å². The molecule has 1 heterocycles. The maximum atomic E-state index is 13.2. The maximum Gasteiger partial charge on any atom is 0.323 e. The van der Waals surface area contributed by atoms with Gasteiger partial charge in [0.05, 0.1) is 13.2 Å². The number of nitrogens with zero attached hydrogens (tertiary/aromatic N) is 1. The van der Waals surface area contributed by atoms with Gasteiger partial charge in [0.2, 0.25) is 0 Å². The molecule has 1 rings (SSSR count). The molecular formula is C11H19F2NO2. The Morgan fingerprint density at radius 1 is 1.56 bits per heavy atom. The molecule has 0 aromatic rings. The Labute approximate surface area is 94.7 Å². The molecule has 1 atom stereocenters. The fourth-order valence-electron chi connectivity index (χ4n) is 2.02. The molecule has 0 N–H and O–H groups in total. The lowest BCUT2D eigenvalue weighted by Gasteiger charge is -2.23. The van der Waals surface area contributed by atoms with Crippen LogP contribution in [0.15, 0.2) is 0 Å². The van der Waals surface area contributed by atoms with Gasteiger partial charge < -0.3 is 4.74 Å². The number of hydrogen-bond donors (Lipinski definition) is 0. The van der Waals surface area contributed by atoms with Gasteiger partial charge in [-0.25, -0.2) is 8.78 Å². The molecule has 0 aromatic carbocycles. The summed E-state index contributed by atoms with van der Waals surface area (Å²) in [5, 5.41) is 0. The average Bonchev–Trinajstić information content (AvgIpc) is 2.40. The normalized spacial score (nSPS) is 25.0. The van der Waals surface area contributed by atoms with E-state index in [-0.39, 0.29) is 19.1 Å². The molecule has 1 aliphatic heterocycles. The number of hydrogen-bond acceptors (Lipinski definition) is 3. The highest BCUT2D eigenvalue weighted by atomic mass is 19.3. The Morgan fingerprint density at radius 2 is 2.19 bits per heavy atom. The minimum Gasteiger partial charge on any atom is -0.465 e. The SMILES string of the molecule is CCOC(=O)C1CC(F)(F)CN1CC(C)C. The molecular weight excluding hydrogens is 216 g/mol. The highest BCUT2D eigenvalue weighted by Crippen LogP contribution is 2.32. The standard InChI is InChI=1S/C11H19F2NO2/c1-4-16-10(15)9-5-11(12,13)7-14(9)6-8(2)3/h8-9H,4-7H2,1-3H3. The molecule has 0 bridgehead atoms. The van der Waals surface area contributed by atoms with E-state index >= 15 is 0 Å². The Hall–Kier alpha value is -0.710. The largest absolute Gasteiger partial charge is 0.465 e. The minimum atomic E-state index is -2.77. The number of likely N-dealkylation sites (tertiary alicyclic amines) is 1. The van der Waals surface area contributed by atoms with E-state index in [0.29, 0.717) is 6.54 Å². The third-order valence-electron chi connectivity index (χ3n) is 2.53. The number of rotatable bonds is 4. The van der Waals surface area contributed by atoms with Gasteiger partial charge in [0.1, 0.15) is 6.04 Å². The second-order valence-corrected chi connectivity index (χ2v) is 4.65. The predicted octanol–water partition coefficient (Wildman–Crippen LogP) is 1.92. The third kappa shape index (κ3) is 3.40. The maximum absolute atomic E-state index is 13.2. The fraction of sp³-hybridized carbons (Fsp3) is 0.909. The van der Waals surface area contributed by atoms with Gasteiger partial charge in [-0.2, -0.15) is 0 Å². The number of ether oxygens (including phenoxy) is 1. The fourth-order valence-corrected chi connectivity index (χ4v) is 2.02. The highest BCUT2D eigenvalue weighted by Gasteiger charge is 2.48. The van der Waals surface area contributed by atoms with Gasteiger partial charge >= 0.3 is 5.97 Å². The summed E-state index contributed by atoms with van der Waals surface area (Å²) in [6.07, 6.45) is -0.418. The molecule has 0 radical (unpaired) electrons. The molecule has 94 valence electrons. The van der Waals surface area contributed by atoms with Crippen LogP contribution in [0.2, 0.25) is 0 Å². The molecule has 16 heavy (non-hydrogen) atoms. The Morgan fingerprint density at radius 3 is 2.69 bits per heavy atom. The monoisotopic (exact) mass is 235 g/mol. The first-order chi connectivity index (χ1) is 7.35. The first-order valence-corrected chi connectivity index (χ1v) is 5.64. The molecule has 5 heteroatoms. The number of carbonyl (C=O) groups is 1. The summed E-state index contributed by atoms with van der Waals surface area (Å²) in [5.74, 6) is -3.04. The first-order valence-electron chi connectivity index (χ1n) is 5.64. The molecule has 1 fully saturated rings. The zero-order valence-corrected chi connectivity index (χ0v) is 10.0. The van der Waals surface area contributed by atoms with Crippen molar-refractivity contribution in [2.75, 3.05) is 19.7 Å². The molecule has 1 unspecified atom stereocenters. The number of carbonyl (C=O) groups excluding carboxylic acids is 1. The number of alkyl halides is 2. The van der Waals surface area contributed by atoms with Crippen LogP contribution in [0, 0.1) is 5.92 Å². The van der Waals surface area contributed by atoms with Gasteiger partial charge in [-0.05, 0) is 12.8 Å². The number of halogens is 2. The van der Waals surface area contributed by atoms with Crippen LogP contribution in [0.1, 0.15) is 27.2 Å². The summed E-state index contributed by atoms with van der Waals surface area (Å²) < 4.78 is 31.3. The summed E-state index contributed by atoms with van der Waals surface area (Å²) in [6, 6.07) is -0.780.